The maximum atomic E-state index is 9.91. The Bertz CT molecular complexity index is 390. The molecule has 0 radical (unpaired) electrons. The van der Waals surface area contributed by atoms with Gasteiger partial charge in [-0.05, 0) is 36.7 Å². The molecule has 0 spiro atoms. The molecule has 2 rings (SSSR count). The number of aliphatic hydroxyl groups excluding tert-OH is 1. The summed E-state index contributed by atoms with van der Waals surface area (Å²) in [5, 5.41) is 13.6. The monoisotopic (exact) mass is 275 g/mol. The molecule has 1 fully saturated rings. The lowest BCUT2D eigenvalue weighted by Crippen LogP contribution is -2.47. The van der Waals surface area contributed by atoms with Crippen LogP contribution < -0.4 is 5.32 Å². The van der Waals surface area contributed by atoms with E-state index in [9.17, 15) is 5.11 Å². The number of rotatable bonds is 5. The molecule has 0 bridgehead atoms. The first-order chi connectivity index (χ1) is 9.65. The lowest BCUT2D eigenvalue weighted by molar-refractivity contribution is 0.140. The number of hydrogen-bond donors (Lipinski definition) is 2. The topological polar surface area (TPSA) is 32.3 Å². The fourth-order valence-electron chi connectivity index (χ4n) is 3.38. The Morgan fingerprint density at radius 3 is 2.60 bits per heavy atom. The van der Waals surface area contributed by atoms with Crippen LogP contribution >= 0.6 is 0 Å². The van der Waals surface area contributed by atoms with Gasteiger partial charge in [-0.15, -0.1) is 0 Å². The SMILES string of the molecule is CC(C)C1CCCC(CO)(NCc2ccccc2)CC1. The molecule has 2 atom stereocenters. The van der Waals surface area contributed by atoms with Gasteiger partial charge in [-0.25, -0.2) is 0 Å². The van der Waals surface area contributed by atoms with Gasteiger partial charge in [-0.1, -0.05) is 57.0 Å². The zero-order chi connectivity index (χ0) is 14.4. The summed E-state index contributed by atoms with van der Waals surface area (Å²) < 4.78 is 0. The van der Waals surface area contributed by atoms with E-state index < -0.39 is 0 Å². The standard InChI is InChI=1S/C18H29NO/c1-15(2)17-9-6-11-18(14-20,12-10-17)19-13-16-7-4-3-5-8-16/h3-5,7-8,15,17,19-20H,6,9-14H2,1-2H3. The molecule has 1 aromatic carbocycles. The molecule has 112 valence electrons. The van der Waals surface area contributed by atoms with Crippen molar-refractivity contribution < 1.29 is 5.11 Å². The molecule has 20 heavy (non-hydrogen) atoms. The minimum Gasteiger partial charge on any atom is -0.394 e. The largest absolute Gasteiger partial charge is 0.394 e. The number of aliphatic hydroxyl groups is 1. The van der Waals surface area contributed by atoms with E-state index in [-0.39, 0.29) is 12.1 Å². The van der Waals surface area contributed by atoms with Gasteiger partial charge in [0.15, 0.2) is 0 Å². The summed E-state index contributed by atoms with van der Waals surface area (Å²) in [6.45, 7) is 5.76. The molecule has 2 N–H and O–H groups in total. The van der Waals surface area contributed by atoms with Crippen LogP contribution in [-0.4, -0.2) is 17.3 Å². The van der Waals surface area contributed by atoms with Crippen molar-refractivity contribution in [2.75, 3.05) is 6.61 Å². The van der Waals surface area contributed by atoms with E-state index in [1.165, 1.54) is 24.8 Å². The van der Waals surface area contributed by atoms with Gasteiger partial charge >= 0.3 is 0 Å². The third-order valence-corrected chi connectivity index (χ3v) is 4.98. The highest BCUT2D eigenvalue weighted by Gasteiger charge is 2.32. The highest BCUT2D eigenvalue weighted by Crippen LogP contribution is 2.34. The van der Waals surface area contributed by atoms with Crippen LogP contribution in [0.2, 0.25) is 0 Å². The van der Waals surface area contributed by atoms with Gasteiger partial charge in [-0.3, -0.25) is 0 Å². The van der Waals surface area contributed by atoms with Crippen LogP contribution in [0.1, 0.15) is 51.5 Å². The summed E-state index contributed by atoms with van der Waals surface area (Å²) >= 11 is 0. The Morgan fingerprint density at radius 1 is 1.20 bits per heavy atom. The Balaban J connectivity index is 1.95. The van der Waals surface area contributed by atoms with Crippen LogP contribution in [0.3, 0.4) is 0 Å². The maximum Gasteiger partial charge on any atom is 0.0613 e. The smallest absolute Gasteiger partial charge is 0.0613 e. The molecule has 0 saturated heterocycles. The van der Waals surface area contributed by atoms with E-state index in [2.05, 4.69) is 43.4 Å². The zero-order valence-electron chi connectivity index (χ0n) is 12.9. The predicted molar refractivity (Wildman–Crippen MR) is 84.5 cm³/mol. The molecule has 2 nitrogen and oxygen atoms in total. The van der Waals surface area contributed by atoms with Crippen molar-refractivity contribution in [3.63, 3.8) is 0 Å². The van der Waals surface area contributed by atoms with Gasteiger partial charge in [0, 0.05) is 12.1 Å². The molecule has 1 aromatic rings. The van der Waals surface area contributed by atoms with Crippen molar-refractivity contribution in [1.29, 1.82) is 0 Å². The number of hydrogen-bond acceptors (Lipinski definition) is 2. The van der Waals surface area contributed by atoms with E-state index >= 15 is 0 Å². The first kappa shape index (κ1) is 15.5. The van der Waals surface area contributed by atoms with E-state index in [4.69, 9.17) is 0 Å². The van der Waals surface area contributed by atoms with Gasteiger partial charge < -0.3 is 10.4 Å². The first-order valence-corrected chi connectivity index (χ1v) is 8.05. The summed E-state index contributed by atoms with van der Waals surface area (Å²) in [6.07, 6.45) is 5.97. The normalized spacial score (nSPS) is 27.5. The summed E-state index contributed by atoms with van der Waals surface area (Å²) in [4.78, 5) is 0. The van der Waals surface area contributed by atoms with Gasteiger partial charge in [0.2, 0.25) is 0 Å². The first-order valence-electron chi connectivity index (χ1n) is 8.05. The van der Waals surface area contributed by atoms with Crippen molar-refractivity contribution >= 4 is 0 Å². The third kappa shape index (κ3) is 4.07. The number of nitrogens with one attached hydrogen (secondary N) is 1. The van der Waals surface area contributed by atoms with Crippen LogP contribution in [0.4, 0.5) is 0 Å². The Kier molecular flexibility index (Phi) is 5.62. The van der Waals surface area contributed by atoms with Gasteiger partial charge in [-0.2, -0.15) is 0 Å². The van der Waals surface area contributed by atoms with Crippen LogP contribution in [0.15, 0.2) is 30.3 Å². The van der Waals surface area contributed by atoms with Crippen LogP contribution in [0.5, 0.6) is 0 Å². The lowest BCUT2D eigenvalue weighted by Gasteiger charge is -2.32. The van der Waals surface area contributed by atoms with Crippen molar-refractivity contribution in [2.45, 2.75) is 58.0 Å². The highest BCUT2D eigenvalue weighted by molar-refractivity contribution is 5.14. The fraction of sp³-hybridized carbons (Fsp3) is 0.667. The summed E-state index contributed by atoms with van der Waals surface area (Å²) in [6, 6.07) is 10.5. The molecule has 0 heterocycles. The molecule has 2 heteroatoms. The Morgan fingerprint density at radius 2 is 1.95 bits per heavy atom. The second kappa shape index (κ2) is 7.24. The molecule has 1 aliphatic carbocycles. The van der Waals surface area contributed by atoms with E-state index in [1.54, 1.807) is 0 Å². The molecule has 0 amide bonds. The molecule has 0 aliphatic heterocycles. The maximum absolute atomic E-state index is 9.91. The molecular formula is C18H29NO. The Labute approximate surface area is 123 Å². The zero-order valence-corrected chi connectivity index (χ0v) is 12.9. The summed E-state index contributed by atoms with van der Waals surface area (Å²) in [5.41, 5.74) is 1.23. The number of benzene rings is 1. The highest BCUT2D eigenvalue weighted by atomic mass is 16.3. The van der Waals surface area contributed by atoms with Crippen LogP contribution in [0, 0.1) is 11.8 Å². The predicted octanol–water partition coefficient (Wildman–Crippen LogP) is 3.74. The van der Waals surface area contributed by atoms with Crippen molar-refractivity contribution in [1.82, 2.24) is 5.32 Å². The van der Waals surface area contributed by atoms with Gasteiger partial charge in [0.1, 0.15) is 0 Å². The third-order valence-electron chi connectivity index (χ3n) is 4.98. The average Bonchev–Trinajstić information content (AvgIpc) is 2.69. The minimum absolute atomic E-state index is 0.0700. The van der Waals surface area contributed by atoms with E-state index in [0.717, 1.165) is 31.2 Å². The van der Waals surface area contributed by atoms with Crippen LogP contribution in [-0.2, 0) is 6.54 Å². The average molecular weight is 275 g/mol. The molecule has 1 aliphatic rings. The van der Waals surface area contributed by atoms with E-state index in [1.807, 2.05) is 6.07 Å². The van der Waals surface area contributed by atoms with Crippen molar-refractivity contribution in [2.24, 2.45) is 11.8 Å². The van der Waals surface area contributed by atoms with Crippen LogP contribution in [0.25, 0.3) is 0 Å². The Hall–Kier alpha value is -0.860. The minimum atomic E-state index is -0.0700. The van der Waals surface area contributed by atoms with Crippen molar-refractivity contribution in [3.8, 4) is 0 Å². The second-order valence-corrected chi connectivity index (χ2v) is 6.71. The molecule has 1 saturated carbocycles. The van der Waals surface area contributed by atoms with Gasteiger partial charge in [0.05, 0.1) is 6.61 Å². The molecule has 2 unspecified atom stereocenters. The second-order valence-electron chi connectivity index (χ2n) is 6.71. The summed E-state index contributed by atoms with van der Waals surface area (Å²) in [5.74, 6) is 1.58. The van der Waals surface area contributed by atoms with Crippen molar-refractivity contribution in [3.05, 3.63) is 35.9 Å². The molecule has 0 aromatic heterocycles. The van der Waals surface area contributed by atoms with E-state index in [0.29, 0.717) is 0 Å². The quantitative estimate of drug-likeness (QED) is 0.802. The van der Waals surface area contributed by atoms with Gasteiger partial charge in [0.25, 0.3) is 0 Å². The molecular weight excluding hydrogens is 246 g/mol. The lowest BCUT2D eigenvalue weighted by atomic mass is 9.87. The fourth-order valence-corrected chi connectivity index (χ4v) is 3.38. The summed E-state index contributed by atoms with van der Waals surface area (Å²) in [7, 11) is 0.